The molecule has 112 valence electrons. The molecule has 4 nitrogen and oxygen atoms in total. The van der Waals surface area contributed by atoms with Crippen LogP contribution < -0.4 is 5.73 Å². The SMILES string of the molecule is Nc1cc2ccc3c(c2cc1C(=O)O)C(=O)c1ccccc1C3. The summed E-state index contributed by atoms with van der Waals surface area (Å²) in [7, 11) is 0. The summed E-state index contributed by atoms with van der Waals surface area (Å²) in [5, 5.41) is 10.7. The van der Waals surface area contributed by atoms with Gasteiger partial charge in [-0.25, -0.2) is 4.79 Å². The van der Waals surface area contributed by atoms with Gasteiger partial charge < -0.3 is 10.8 Å². The van der Waals surface area contributed by atoms with Crippen LogP contribution in [0.3, 0.4) is 0 Å². The second-order valence-corrected chi connectivity index (χ2v) is 5.73. The van der Waals surface area contributed by atoms with Crippen LogP contribution in [0.1, 0.15) is 37.4 Å². The maximum Gasteiger partial charge on any atom is 0.337 e. The van der Waals surface area contributed by atoms with Gasteiger partial charge in [-0.2, -0.15) is 0 Å². The van der Waals surface area contributed by atoms with Crippen LogP contribution in [-0.4, -0.2) is 16.9 Å². The molecular weight excluding hydrogens is 290 g/mol. The highest BCUT2D eigenvalue weighted by Crippen LogP contribution is 2.34. The van der Waals surface area contributed by atoms with Crippen molar-refractivity contribution in [1.29, 1.82) is 0 Å². The van der Waals surface area contributed by atoms with E-state index in [1.165, 1.54) is 6.07 Å². The summed E-state index contributed by atoms with van der Waals surface area (Å²) >= 11 is 0. The molecule has 4 heteroatoms. The highest BCUT2D eigenvalue weighted by molar-refractivity contribution is 6.20. The first-order valence-electron chi connectivity index (χ1n) is 7.27. The number of hydrogen-bond acceptors (Lipinski definition) is 3. The largest absolute Gasteiger partial charge is 0.478 e. The number of fused-ring (bicyclic) bond motifs is 4. The first-order valence-corrected chi connectivity index (χ1v) is 7.27. The fraction of sp³-hybridized carbons (Fsp3) is 0.0526. The monoisotopic (exact) mass is 303 g/mol. The third-order valence-electron chi connectivity index (χ3n) is 4.38. The lowest BCUT2D eigenvalue weighted by atomic mass is 9.82. The van der Waals surface area contributed by atoms with E-state index in [0.29, 0.717) is 22.9 Å². The van der Waals surface area contributed by atoms with E-state index in [9.17, 15) is 14.7 Å². The lowest BCUT2D eigenvalue weighted by Gasteiger charge is -2.20. The molecule has 0 amide bonds. The summed E-state index contributed by atoms with van der Waals surface area (Å²) in [5.74, 6) is -1.15. The van der Waals surface area contributed by atoms with Crippen LogP contribution in [0.4, 0.5) is 5.69 Å². The number of ketones is 1. The third-order valence-corrected chi connectivity index (χ3v) is 4.38. The molecule has 3 N–H and O–H groups in total. The van der Waals surface area contributed by atoms with Gasteiger partial charge in [-0.1, -0.05) is 36.4 Å². The van der Waals surface area contributed by atoms with E-state index in [2.05, 4.69) is 0 Å². The number of carboxylic acids is 1. The van der Waals surface area contributed by atoms with E-state index < -0.39 is 5.97 Å². The fourth-order valence-corrected chi connectivity index (χ4v) is 3.27. The van der Waals surface area contributed by atoms with E-state index in [1.807, 2.05) is 36.4 Å². The number of hydrogen-bond donors (Lipinski definition) is 2. The van der Waals surface area contributed by atoms with Gasteiger partial charge in [-0.15, -0.1) is 0 Å². The Morgan fingerprint density at radius 2 is 1.83 bits per heavy atom. The molecule has 0 unspecified atom stereocenters. The van der Waals surface area contributed by atoms with Crippen LogP contribution in [0, 0.1) is 0 Å². The minimum Gasteiger partial charge on any atom is -0.478 e. The predicted octanol–water partition coefficient (Wildman–Crippen LogP) is 3.26. The molecule has 1 aliphatic carbocycles. The average Bonchev–Trinajstić information content (AvgIpc) is 2.54. The van der Waals surface area contributed by atoms with Crippen molar-refractivity contribution in [3.05, 3.63) is 76.3 Å². The van der Waals surface area contributed by atoms with Gasteiger partial charge in [0.1, 0.15) is 0 Å². The molecule has 4 rings (SSSR count). The van der Waals surface area contributed by atoms with Crippen LogP contribution in [0.5, 0.6) is 0 Å². The number of benzene rings is 3. The number of carbonyl (C=O) groups is 2. The fourth-order valence-electron chi connectivity index (χ4n) is 3.27. The Balaban J connectivity index is 2.05. The van der Waals surface area contributed by atoms with E-state index >= 15 is 0 Å². The Morgan fingerprint density at radius 3 is 2.61 bits per heavy atom. The predicted molar refractivity (Wildman–Crippen MR) is 88.0 cm³/mol. The smallest absolute Gasteiger partial charge is 0.337 e. The van der Waals surface area contributed by atoms with E-state index in [-0.39, 0.29) is 17.0 Å². The molecule has 3 aromatic rings. The van der Waals surface area contributed by atoms with E-state index in [0.717, 1.165) is 16.5 Å². The molecule has 0 aliphatic heterocycles. The van der Waals surface area contributed by atoms with E-state index in [1.54, 1.807) is 6.07 Å². The molecule has 23 heavy (non-hydrogen) atoms. The molecule has 0 bridgehead atoms. The zero-order chi connectivity index (χ0) is 16.1. The Kier molecular flexibility index (Phi) is 2.75. The van der Waals surface area contributed by atoms with Gasteiger partial charge in [0.05, 0.1) is 5.56 Å². The van der Waals surface area contributed by atoms with Gasteiger partial charge in [-0.05, 0) is 40.5 Å². The van der Waals surface area contributed by atoms with Crippen LogP contribution in [0.2, 0.25) is 0 Å². The van der Waals surface area contributed by atoms with Crippen molar-refractivity contribution in [2.45, 2.75) is 6.42 Å². The van der Waals surface area contributed by atoms with Crippen molar-refractivity contribution >= 4 is 28.2 Å². The molecular formula is C19H13NO3. The number of aromatic carboxylic acids is 1. The highest BCUT2D eigenvalue weighted by Gasteiger charge is 2.25. The summed E-state index contributed by atoms with van der Waals surface area (Å²) < 4.78 is 0. The minimum atomic E-state index is -1.09. The molecule has 1 aliphatic rings. The van der Waals surface area contributed by atoms with Crippen molar-refractivity contribution in [1.82, 2.24) is 0 Å². The van der Waals surface area contributed by atoms with Crippen LogP contribution >= 0.6 is 0 Å². The van der Waals surface area contributed by atoms with Crippen molar-refractivity contribution in [3.63, 3.8) is 0 Å². The number of carbonyl (C=O) groups excluding carboxylic acids is 1. The highest BCUT2D eigenvalue weighted by atomic mass is 16.4. The maximum atomic E-state index is 12.9. The van der Waals surface area contributed by atoms with Gasteiger partial charge in [-0.3, -0.25) is 4.79 Å². The normalized spacial score (nSPS) is 12.8. The average molecular weight is 303 g/mol. The molecule has 0 saturated carbocycles. The summed E-state index contributed by atoms with van der Waals surface area (Å²) in [6, 6.07) is 14.5. The quantitative estimate of drug-likeness (QED) is 0.529. The van der Waals surface area contributed by atoms with Crippen molar-refractivity contribution in [2.75, 3.05) is 5.73 Å². The van der Waals surface area contributed by atoms with Gasteiger partial charge >= 0.3 is 5.97 Å². The first kappa shape index (κ1) is 13.5. The number of nitrogen functional groups attached to an aromatic ring is 1. The number of rotatable bonds is 1. The molecule has 0 saturated heterocycles. The first-order chi connectivity index (χ1) is 11.1. The summed E-state index contributed by atoms with van der Waals surface area (Å²) in [4.78, 5) is 24.3. The lowest BCUT2D eigenvalue weighted by molar-refractivity contribution is 0.0698. The Morgan fingerprint density at radius 1 is 1.04 bits per heavy atom. The van der Waals surface area contributed by atoms with Crippen molar-refractivity contribution in [3.8, 4) is 0 Å². The number of carboxylic acid groups (broad SMARTS) is 1. The number of nitrogens with two attached hydrogens (primary N) is 1. The third kappa shape index (κ3) is 1.92. The number of anilines is 1. The molecule has 0 radical (unpaired) electrons. The molecule has 0 heterocycles. The topological polar surface area (TPSA) is 80.4 Å². The second-order valence-electron chi connectivity index (χ2n) is 5.73. The molecule has 0 fully saturated rings. The summed E-state index contributed by atoms with van der Waals surface area (Å²) in [6.45, 7) is 0. The van der Waals surface area contributed by atoms with Crippen LogP contribution in [-0.2, 0) is 6.42 Å². The standard InChI is InChI=1S/C19H13NO3/c20-16-8-11-5-6-12-7-10-3-1-2-4-13(10)18(21)17(12)14(11)9-15(16)19(22)23/h1-6,8-9H,7,20H2,(H,22,23). The summed E-state index contributed by atoms with van der Waals surface area (Å²) in [5.41, 5.74) is 9.22. The minimum absolute atomic E-state index is 0.0255. The summed E-state index contributed by atoms with van der Waals surface area (Å²) in [6.07, 6.45) is 0.667. The Bertz CT molecular complexity index is 1000. The Hall–Kier alpha value is -3.14. The maximum absolute atomic E-state index is 12.9. The molecule has 0 spiro atoms. The van der Waals surface area contributed by atoms with Gasteiger partial charge in [0, 0.05) is 16.8 Å². The van der Waals surface area contributed by atoms with Crippen molar-refractivity contribution in [2.24, 2.45) is 0 Å². The Labute approximate surface area is 132 Å². The van der Waals surface area contributed by atoms with Gasteiger partial charge in [0.2, 0.25) is 0 Å². The van der Waals surface area contributed by atoms with Crippen molar-refractivity contribution < 1.29 is 14.7 Å². The zero-order valence-corrected chi connectivity index (χ0v) is 12.2. The molecule has 0 aromatic heterocycles. The van der Waals surface area contributed by atoms with Gasteiger partial charge in [0.15, 0.2) is 5.78 Å². The van der Waals surface area contributed by atoms with Crippen LogP contribution in [0.25, 0.3) is 10.8 Å². The van der Waals surface area contributed by atoms with Crippen LogP contribution in [0.15, 0.2) is 48.5 Å². The zero-order valence-electron chi connectivity index (χ0n) is 12.2. The van der Waals surface area contributed by atoms with Gasteiger partial charge in [0.25, 0.3) is 0 Å². The lowest BCUT2D eigenvalue weighted by Crippen LogP contribution is -2.15. The van der Waals surface area contributed by atoms with E-state index in [4.69, 9.17) is 5.73 Å². The molecule has 0 atom stereocenters. The molecule has 3 aromatic carbocycles. The second kappa shape index (κ2) is 4.68.